The van der Waals surface area contributed by atoms with Gasteiger partial charge in [-0.2, -0.15) is 5.26 Å². The van der Waals surface area contributed by atoms with Crippen molar-refractivity contribution in [2.75, 3.05) is 4.90 Å². The number of carbonyl (C=O) groups is 3. The van der Waals surface area contributed by atoms with Crippen molar-refractivity contribution in [2.24, 2.45) is 11.8 Å². The predicted molar refractivity (Wildman–Crippen MR) is 119 cm³/mol. The zero-order valence-electron chi connectivity index (χ0n) is 16.7. The highest BCUT2D eigenvalue weighted by atomic mass is 35.5. The summed E-state index contributed by atoms with van der Waals surface area (Å²) in [5, 5.41) is 9.70. The normalized spacial score (nSPS) is 15.4. The van der Waals surface area contributed by atoms with Gasteiger partial charge in [0.1, 0.15) is 0 Å². The van der Waals surface area contributed by atoms with Crippen molar-refractivity contribution in [2.45, 2.75) is 25.7 Å². The first kappa shape index (κ1) is 20.7. The van der Waals surface area contributed by atoms with Crippen molar-refractivity contribution in [1.82, 2.24) is 9.55 Å². The second-order valence-electron chi connectivity index (χ2n) is 8.05. The fourth-order valence-corrected chi connectivity index (χ4v) is 4.36. The van der Waals surface area contributed by atoms with Crippen LogP contribution in [0.2, 0.25) is 10.0 Å². The minimum absolute atomic E-state index is 0.0585. The number of nitriles is 1. The summed E-state index contributed by atoms with van der Waals surface area (Å²) in [6, 6.07) is 7.98. The molecule has 2 aliphatic rings. The van der Waals surface area contributed by atoms with Gasteiger partial charge in [0.2, 0.25) is 11.8 Å². The van der Waals surface area contributed by atoms with E-state index in [2.05, 4.69) is 4.98 Å². The summed E-state index contributed by atoms with van der Waals surface area (Å²) >= 11 is 12.5. The van der Waals surface area contributed by atoms with Gasteiger partial charge in [-0.05, 0) is 49.9 Å². The third-order valence-corrected chi connectivity index (χ3v) is 6.30. The van der Waals surface area contributed by atoms with Crippen LogP contribution in [0.3, 0.4) is 0 Å². The van der Waals surface area contributed by atoms with E-state index in [4.69, 9.17) is 28.5 Å². The lowest BCUT2D eigenvalue weighted by molar-refractivity contribution is -0.127. The highest BCUT2D eigenvalue weighted by Crippen LogP contribution is 2.39. The van der Waals surface area contributed by atoms with Crippen LogP contribution in [-0.4, -0.2) is 27.3 Å². The van der Waals surface area contributed by atoms with E-state index in [1.165, 1.54) is 34.0 Å². The van der Waals surface area contributed by atoms with E-state index in [0.717, 1.165) is 25.7 Å². The fourth-order valence-electron chi connectivity index (χ4n) is 3.71. The second kappa shape index (κ2) is 7.73. The molecule has 9 heteroatoms. The molecule has 2 saturated carbocycles. The summed E-state index contributed by atoms with van der Waals surface area (Å²) in [6.45, 7) is 0. The number of fused-ring (bicyclic) bond motifs is 1. The van der Waals surface area contributed by atoms with Crippen molar-refractivity contribution in [1.29, 1.82) is 5.26 Å². The molecule has 3 aromatic rings. The molecule has 2 aromatic heterocycles. The number of aromatic nitrogens is 2. The Morgan fingerprint density at radius 1 is 1.03 bits per heavy atom. The third-order valence-electron chi connectivity index (χ3n) is 5.71. The van der Waals surface area contributed by atoms with Gasteiger partial charge < -0.3 is 0 Å². The van der Waals surface area contributed by atoms with Gasteiger partial charge in [0, 0.05) is 29.6 Å². The number of halogens is 2. The van der Waals surface area contributed by atoms with Crippen LogP contribution in [0.4, 0.5) is 5.82 Å². The molecule has 2 aliphatic carbocycles. The molecule has 0 aliphatic heterocycles. The Kier molecular flexibility index (Phi) is 5.00. The maximum Gasteiger partial charge on any atom is 0.265 e. The number of carbonyl (C=O) groups excluding carboxylic acids is 3. The van der Waals surface area contributed by atoms with Crippen LogP contribution in [0.25, 0.3) is 10.9 Å². The van der Waals surface area contributed by atoms with Gasteiger partial charge in [0.15, 0.2) is 5.82 Å². The van der Waals surface area contributed by atoms with Gasteiger partial charge in [-0.1, -0.05) is 23.2 Å². The molecule has 0 radical (unpaired) electrons. The molecule has 160 valence electrons. The minimum Gasteiger partial charge on any atom is -0.283 e. The zero-order valence-corrected chi connectivity index (χ0v) is 18.2. The average molecular weight is 467 g/mol. The zero-order chi connectivity index (χ0) is 22.6. The number of rotatable bonds is 4. The Morgan fingerprint density at radius 2 is 1.62 bits per heavy atom. The highest BCUT2D eigenvalue weighted by Gasteiger charge is 2.43. The first-order valence-electron chi connectivity index (χ1n) is 10.2. The Labute approximate surface area is 193 Å². The number of nitrogens with zero attached hydrogens (tertiary/aromatic N) is 4. The number of benzene rings is 1. The Balaban J connectivity index is 1.60. The summed E-state index contributed by atoms with van der Waals surface area (Å²) in [5.41, 5.74) is 0.769. The summed E-state index contributed by atoms with van der Waals surface area (Å²) in [5.74, 6) is -1.05. The molecule has 32 heavy (non-hydrogen) atoms. The van der Waals surface area contributed by atoms with Crippen molar-refractivity contribution in [3.8, 4) is 6.07 Å². The number of anilines is 1. The summed E-state index contributed by atoms with van der Waals surface area (Å²) in [4.78, 5) is 44.8. The van der Waals surface area contributed by atoms with Crippen LogP contribution < -0.4 is 4.90 Å². The summed E-state index contributed by atoms with van der Waals surface area (Å²) in [7, 11) is 0. The van der Waals surface area contributed by atoms with Crippen LogP contribution in [0.5, 0.6) is 0 Å². The van der Waals surface area contributed by atoms with Gasteiger partial charge in [0.05, 0.1) is 32.8 Å². The average Bonchev–Trinajstić information content (AvgIpc) is 3.69. The number of hydrogen-bond donors (Lipinski definition) is 0. The Bertz CT molecular complexity index is 1300. The van der Waals surface area contributed by atoms with Crippen molar-refractivity contribution in [3.63, 3.8) is 0 Å². The maximum absolute atomic E-state index is 13.3. The van der Waals surface area contributed by atoms with Gasteiger partial charge in [-0.3, -0.25) is 19.0 Å². The van der Waals surface area contributed by atoms with Crippen LogP contribution in [0, 0.1) is 23.2 Å². The molecule has 0 N–H and O–H groups in total. The van der Waals surface area contributed by atoms with Crippen molar-refractivity contribution >= 4 is 57.6 Å². The smallest absolute Gasteiger partial charge is 0.265 e. The second-order valence-corrected chi connectivity index (χ2v) is 8.86. The molecule has 2 fully saturated rings. The van der Waals surface area contributed by atoms with Crippen LogP contribution in [-0.2, 0) is 9.59 Å². The molecule has 2 amide bonds. The van der Waals surface area contributed by atoms with Gasteiger partial charge in [-0.15, -0.1) is 0 Å². The molecule has 0 spiro atoms. The van der Waals surface area contributed by atoms with Crippen LogP contribution >= 0.6 is 23.2 Å². The molecule has 0 unspecified atom stereocenters. The van der Waals surface area contributed by atoms with E-state index in [1.807, 2.05) is 6.07 Å². The molecular formula is C23H16Cl2N4O3. The molecule has 2 heterocycles. The van der Waals surface area contributed by atoms with Gasteiger partial charge in [0.25, 0.3) is 5.91 Å². The Morgan fingerprint density at radius 3 is 2.16 bits per heavy atom. The monoisotopic (exact) mass is 466 g/mol. The number of amides is 2. The number of imide groups is 1. The maximum atomic E-state index is 13.3. The van der Waals surface area contributed by atoms with E-state index in [1.54, 1.807) is 12.1 Å². The summed E-state index contributed by atoms with van der Waals surface area (Å²) < 4.78 is 1.35. The molecular weight excluding hydrogens is 451 g/mol. The van der Waals surface area contributed by atoms with E-state index in [-0.39, 0.29) is 50.6 Å². The topological polar surface area (TPSA) is 96.1 Å². The standard InChI is InChI=1S/C23H16Cl2N4O3/c24-16-9-12(11-26)10-17(25)19(16)23(32)28-8-6-15-18(28)5-7-27-20(15)29(21(30)13-1-2-13)22(31)14-3-4-14/h5-10,13-14H,1-4H2. The van der Waals surface area contributed by atoms with E-state index >= 15 is 0 Å². The Hall–Kier alpha value is -3.21. The first-order valence-corrected chi connectivity index (χ1v) is 10.9. The van der Waals surface area contributed by atoms with Gasteiger partial charge >= 0.3 is 0 Å². The lowest BCUT2D eigenvalue weighted by atomic mass is 10.1. The van der Waals surface area contributed by atoms with Crippen molar-refractivity contribution < 1.29 is 14.4 Å². The van der Waals surface area contributed by atoms with Crippen molar-refractivity contribution in [3.05, 3.63) is 57.8 Å². The molecule has 1 aromatic carbocycles. The third kappa shape index (κ3) is 3.46. The first-order chi connectivity index (χ1) is 15.4. The van der Waals surface area contributed by atoms with E-state index in [0.29, 0.717) is 10.9 Å². The molecule has 5 rings (SSSR count). The van der Waals surface area contributed by atoms with Crippen LogP contribution in [0.15, 0.2) is 36.7 Å². The minimum atomic E-state index is -0.495. The SMILES string of the molecule is N#Cc1cc(Cl)c(C(=O)n2ccc3c(N(C(=O)C4CC4)C(=O)C4CC4)nccc32)c(Cl)c1. The quantitative estimate of drug-likeness (QED) is 0.524. The van der Waals surface area contributed by atoms with Gasteiger partial charge in [-0.25, -0.2) is 9.88 Å². The van der Waals surface area contributed by atoms with Crippen LogP contribution in [0.1, 0.15) is 41.6 Å². The fraction of sp³-hybridized carbons (Fsp3) is 0.261. The molecule has 0 saturated heterocycles. The number of hydrogen-bond acceptors (Lipinski definition) is 5. The lowest BCUT2D eigenvalue weighted by Gasteiger charge is -2.20. The van der Waals surface area contributed by atoms with E-state index in [9.17, 15) is 14.4 Å². The molecule has 0 bridgehead atoms. The summed E-state index contributed by atoms with van der Waals surface area (Å²) in [6.07, 6.45) is 6.05. The number of pyridine rings is 1. The molecule has 7 nitrogen and oxygen atoms in total. The lowest BCUT2D eigenvalue weighted by Crippen LogP contribution is -2.39. The van der Waals surface area contributed by atoms with E-state index < -0.39 is 5.91 Å². The predicted octanol–water partition coefficient (Wildman–Crippen LogP) is 4.58. The largest absolute Gasteiger partial charge is 0.283 e. The molecule has 0 atom stereocenters. The highest BCUT2D eigenvalue weighted by molar-refractivity contribution is 6.40.